The number of thiazole rings is 1. The van der Waals surface area contributed by atoms with Gasteiger partial charge < -0.3 is 19.0 Å². The molecule has 5 rings (SSSR count). The van der Waals surface area contributed by atoms with Gasteiger partial charge in [-0.05, 0) is 23.8 Å². The number of nitrogens with zero attached hydrogens (tertiary/aromatic N) is 4. The number of amides is 2. The average Bonchev–Trinajstić information content (AvgIpc) is 3.57. The number of rotatable bonds is 6. The fourth-order valence-electron chi connectivity index (χ4n) is 4.32. The zero-order valence-corrected chi connectivity index (χ0v) is 19.8. The molecule has 0 N–H and O–H groups in total. The normalized spacial score (nSPS) is 17.2. The number of carbonyl (C=O) groups is 2. The predicted molar refractivity (Wildman–Crippen MR) is 129 cm³/mol. The van der Waals surface area contributed by atoms with E-state index < -0.39 is 0 Å². The molecule has 2 saturated heterocycles. The van der Waals surface area contributed by atoms with Crippen LogP contribution in [0, 0.1) is 0 Å². The minimum Gasteiger partial charge on any atom is -0.459 e. The molecule has 3 aromatic rings. The largest absolute Gasteiger partial charge is 0.459 e. The van der Waals surface area contributed by atoms with Gasteiger partial charge in [-0.3, -0.25) is 14.5 Å². The van der Waals surface area contributed by atoms with Crippen molar-refractivity contribution in [1.82, 2.24) is 19.7 Å². The number of morpholine rings is 1. The number of benzene rings is 1. The van der Waals surface area contributed by atoms with E-state index in [1.807, 2.05) is 10.3 Å². The summed E-state index contributed by atoms with van der Waals surface area (Å²) < 4.78 is 10.6. The van der Waals surface area contributed by atoms with Crippen molar-refractivity contribution in [3.05, 3.63) is 65.1 Å². The molecular weight excluding hydrogens is 452 g/mol. The summed E-state index contributed by atoms with van der Waals surface area (Å²) in [7, 11) is 0. The molecule has 0 unspecified atom stereocenters. The molecule has 0 aliphatic carbocycles. The molecule has 2 aromatic heterocycles. The van der Waals surface area contributed by atoms with Crippen LogP contribution in [0.2, 0.25) is 0 Å². The molecule has 2 amide bonds. The quantitative estimate of drug-likeness (QED) is 0.540. The van der Waals surface area contributed by atoms with Gasteiger partial charge in [0.15, 0.2) is 5.76 Å². The van der Waals surface area contributed by atoms with Gasteiger partial charge in [0.05, 0.1) is 31.6 Å². The van der Waals surface area contributed by atoms with Crippen LogP contribution < -0.4 is 0 Å². The molecule has 0 spiro atoms. The summed E-state index contributed by atoms with van der Waals surface area (Å²) in [6, 6.07) is 11.8. The second kappa shape index (κ2) is 10.5. The van der Waals surface area contributed by atoms with Crippen LogP contribution in [0.5, 0.6) is 0 Å². The van der Waals surface area contributed by atoms with Gasteiger partial charge in [0.25, 0.3) is 5.91 Å². The maximum atomic E-state index is 12.8. The summed E-state index contributed by atoms with van der Waals surface area (Å²) in [6.07, 6.45) is 1.77. The number of carbonyl (C=O) groups excluding carboxylic acids is 2. The van der Waals surface area contributed by atoms with Crippen LogP contribution >= 0.6 is 11.3 Å². The maximum absolute atomic E-state index is 12.8. The Balaban J connectivity index is 1.15. The van der Waals surface area contributed by atoms with Crippen LogP contribution in [0.15, 0.2) is 52.5 Å². The molecule has 34 heavy (non-hydrogen) atoms. The molecule has 9 heteroatoms. The Morgan fingerprint density at radius 3 is 2.53 bits per heavy atom. The number of ether oxygens (including phenoxy) is 1. The van der Waals surface area contributed by atoms with Crippen molar-refractivity contribution in [1.29, 1.82) is 0 Å². The van der Waals surface area contributed by atoms with Crippen molar-refractivity contribution < 1.29 is 18.7 Å². The topological polar surface area (TPSA) is 79.1 Å². The third kappa shape index (κ3) is 5.38. The van der Waals surface area contributed by atoms with Crippen LogP contribution in [-0.4, -0.2) is 84.0 Å². The van der Waals surface area contributed by atoms with Crippen molar-refractivity contribution in [2.75, 3.05) is 52.5 Å². The van der Waals surface area contributed by atoms with Gasteiger partial charge in [-0.15, -0.1) is 11.3 Å². The monoisotopic (exact) mass is 480 g/mol. The number of furan rings is 1. The van der Waals surface area contributed by atoms with Crippen molar-refractivity contribution in [3.63, 3.8) is 0 Å². The molecule has 8 nitrogen and oxygen atoms in total. The molecule has 0 saturated carbocycles. The Morgan fingerprint density at radius 2 is 1.76 bits per heavy atom. The maximum Gasteiger partial charge on any atom is 0.289 e. The Morgan fingerprint density at radius 1 is 0.971 bits per heavy atom. The first-order chi connectivity index (χ1) is 16.7. The lowest BCUT2D eigenvalue weighted by molar-refractivity contribution is -0.132. The van der Waals surface area contributed by atoms with Crippen LogP contribution in [0.3, 0.4) is 0 Å². The molecule has 0 atom stereocenters. The third-order valence-corrected chi connectivity index (χ3v) is 7.16. The molecule has 0 radical (unpaired) electrons. The zero-order chi connectivity index (χ0) is 23.3. The van der Waals surface area contributed by atoms with Gasteiger partial charge in [-0.2, -0.15) is 0 Å². The number of hydrogen-bond acceptors (Lipinski definition) is 7. The first-order valence-corrected chi connectivity index (χ1v) is 12.5. The van der Waals surface area contributed by atoms with Crippen LogP contribution in [0.25, 0.3) is 10.6 Å². The summed E-state index contributed by atoms with van der Waals surface area (Å²) in [5.41, 5.74) is 3.13. The van der Waals surface area contributed by atoms with Crippen LogP contribution in [0.1, 0.15) is 21.8 Å². The minimum absolute atomic E-state index is 0.0445. The van der Waals surface area contributed by atoms with Crippen LogP contribution in [-0.2, 0) is 22.5 Å². The first-order valence-electron chi connectivity index (χ1n) is 11.6. The van der Waals surface area contributed by atoms with Crippen molar-refractivity contribution in [2.24, 2.45) is 0 Å². The number of piperazine rings is 1. The van der Waals surface area contributed by atoms with E-state index in [9.17, 15) is 9.59 Å². The lowest BCUT2D eigenvalue weighted by atomic mass is 10.1. The van der Waals surface area contributed by atoms with E-state index >= 15 is 0 Å². The van der Waals surface area contributed by atoms with E-state index in [-0.39, 0.29) is 18.2 Å². The second-order valence-electron chi connectivity index (χ2n) is 8.56. The Bertz CT molecular complexity index is 1120. The van der Waals surface area contributed by atoms with E-state index in [0.29, 0.717) is 31.9 Å². The van der Waals surface area contributed by atoms with Gasteiger partial charge in [0.1, 0.15) is 5.01 Å². The van der Waals surface area contributed by atoms with Crippen LogP contribution in [0.4, 0.5) is 0 Å². The first kappa shape index (κ1) is 22.8. The predicted octanol–water partition coefficient (Wildman–Crippen LogP) is 2.76. The van der Waals surface area contributed by atoms with E-state index in [1.165, 1.54) is 11.8 Å². The van der Waals surface area contributed by atoms with Gasteiger partial charge >= 0.3 is 0 Å². The highest BCUT2D eigenvalue weighted by atomic mass is 32.1. The lowest BCUT2D eigenvalue weighted by Gasteiger charge is -2.34. The molecule has 0 bridgehead atoms. The molecule has 4 heterocycles. The zero-order valence-electron chi connectivity index (χ0n) is 19.0. The molecular formula is C25H28N4O4S. The smallest absolute Gasteiger partial charge is 0.289 e. The Hall–Kier alpha value is -3.01. The Labute approximate surface area is 202 Å². The van der Waals surface area contributed by atoms with Gasteiger partial charge in [-0.25, -0.2) is 4.98 Å². The van der Waals surface area contributed by atoms with E-state index in [0.717, 1.165) is 49.1 Å². The summed E-state index contributed by atoms with van der Waals surface area (Å²) in [5, 5.41) is 2.90. The average molecular weight is 481 g/mol. The van der Waals surface area contributed by atoms with Crippen molar-refractivity contribution >= 4 is 23.2 Å². The van der Waals surface area contributed by atoms with Crippen molar-refractivity contribution in [3.8, 4) is 10.6 Å². The summed E-state index contributed by atoms with van der Waals surface area (Å²) in [6.45, 7) is 6.45. The fraction of sp³-hybridized carbons (Fsp3) is 0.400. The fourth-order valence-corrected chi connectivity index (χ4v) is 5.14. The SMILES string of the molecule is O=C(Cc1csc(-c2cccc(CN3CCOCC3)c2)n1)N1CCN(C(=O)c2ccco2)CC1. The molecule has 178 valence electrons. The molecule has 2 aliphatic rings. The minimum atomic E-state index is -0.128. The highest BCUT2D eigenvalue weighted by Crippen LogP contribution is 2.25. The number of hydrogen-bond donors (Lipinski definition) is 0. The van der Waals surface area contributed by atoms with Gasteiger partial charge in [-0.1, -0.05) is 18.2 Å². The Kier molecular flexibility index (Phi) is 7.03. The highest BCUT2D eigenvalue weighted by Gasteiger charge is 2.26. The summed E-state index contributed by atoms with van der Waals surface area (Å²) in [5.74, 6) is 0.254. The van der Waals surface area contributed by atoms with E-state index in [2.05, 4.69) is 29.2 Å². The third-order valence-electron chi connectivity index (χ3n) is 6.22. The summed E-state index contributed by atoms with van der Waals surface area (Å²) >= 11 is 1.57. The number of aromatic nitrogens is 1. The van der Waals surface area contributed by atoms with E-state index in [1.54, 1.807) is 28.4 Å². The highest BCUT2D eigenvalue weighted by molar-refractivity contribution is 7.13. The second-order valence-corrected chi connectivity index (χ2v) is 9.42. The molecule has 2 fully saturated rings. The standard InChI is InChI=1S/C25H28N4O4S/c30-23(28-6-8-29(9-7-28)25(31)22-5-2-12-33-22)16-21-18-34-24(26-21)20-4-1-3-19(15-20)17-27-10-13-32-14-11-27/h1-5,12,15,18H,6-11,13-14,16-17H2. The van der Waals surface area contributed by atoms with Gasteiger partial charge in [0.2, 0.25) is 5.91 Å². The molecule has 2 aliphatic heterocycles. The van der Waals surface area contributed by atoms with E-state index in [4.69, 9.17) is 14.1 Å². The lowest BCUT2D eigenvalue weighted by Crippen LogP contribution is -2.50. The van der Waals surface area contributed by atoms with Gasteiger partial charge in [0, 0.05) is 56.8 Å². The summed E-state index contributed by atoms with van der Waals surface area (Å²) in [4.78, 5) is 35.9. The van der Waals surface area contributed by atoms with Crippen molar-refractivity contribution in [2.45, 2.75) is 13.0 Å². The molecule has 1 aromatic carbocycles.